The Hall–Kier alpha value is -2.11. The van der Waals surface area contributed by atoms with Gasteiger partial charge in [0.05, 0.1) is 19.9 Å². The van der Waals surface area contributed by atoms with E-state index in [4.69, 9.17) is 4.74 Å². The number of aliphatic hydroxyl groups excluding tert-OH is 1. The number of fused-ring (bicyclic) bond motifs is 6. The van der Waals surface area contributed by atoms with Gasteiger partial charge in [-0.2, -0.15) is 0 Å². The van der Waals surface area contributed by atoms with Crippen LogP contribution in [0.2, 0.25) is 0 Å². The van der Waals surface area contributed by atoms with Crippen molar-refractivity contribution < 1.29 is 14.6 Å². The lowest BCUT2D eigenvalue weighted by molar-refractivity contribution is -0.154. The molecule has 5 heteroatoms. The first kappa shape index (κ1) is 17.3. The lowest BCUT2D eigenvalue weighted by atomic mass is 9.63. The van der Waals surface area contributed by atoms with Crippen LogP contribution in [0.1, 0.15) is 30.8 Å². The summed E-state index contributed by atoms with van der Waals surface area (Å²) in [5, 5.41) is 11.7. The van der Waals surface area contributed by atoms with E-state index in [1.54, 1.807) is 0 Å². The first-order valence-electron chi connectivity index (χ1n) is 9.15. The molecule has 0 amide bonds. The number of piperidine rings is 1. The topological polar surface area (TPSA) is 54.7 Å². The smallest absolute Gasteiger partial charge is 0.320 e. The molecule has 1 fully saturated rings. The van der Waals surface area contributed by atoms with E-state index in [2.05, 4.69) is 41.6 Å². The number of methoxy groups -OCH3 is 1. The summed E-state index contributed by atoms with van der Waals surface area (Å²) >= 11 is 0. The lowest BCUT2D eigenvalue weighted by Gasteiger charge is -2.52. The van der Waals surface area contributed by atoms with Crippen LogP contribution in [0.25, 0.3) is 10.9 Å². The van der Waals surface area contributed by atoms with Gasteiger partial charge >= 0.3 is 5.97 Å². The van der Waals surface area contributed by atoms with Crippen LogP contribution >= 0.6 is 0 Å². The Bertz CT molecular complexity index is 913. The summed E-state index contributed by atoms with van der Waals surface area (Å²) < 4.78 is 7.51. The van der Waals surface area contributed by atoms with E-state index in [0.717, 1.165) is 35.1 Å². The van der Waals surface area contributed by atoms with Crippen LogP contribution < -0.4 is 0 Å². The molecule has 0 saturated carbocycles. The van der Waals surface area contributed by atoms with Crippen LogP contribution in [0, 0.1) is 12.8 Å². The van der Waals surface area contributed by atoms with Crippen LogP contribution in [0.4, 0.5) is 0 Å². The van der Waals surface area contributed by atoms with Gasteiger partial charge < -0.3 is 14.4 Å². The Morgan fingerprint density at radius 3 is 2.81 bits per heavy atom. The molecule has 0 aliphatic carbocycles. The Morgan fingerprint density at radius 2 is 2.15 bits per heavy atom. The Kier molecular flexibility index (Phi) is 3.97. The van der Waals surface area contributed by atoms with Crippen molar-refractivity contribution in [2.45, 2.75) is 31.8 Å². The second kappa shape index (κ2) is 5.96. The van der Waals surface area contributed by atoms with Gasteiger partial charge in [0.1, 0.15) is 5.41 Å². The van der Waals surface area contributed by atoms with Crippen molar-refractivity contribution in [3.8, 4) is 0 Å². The molecule has 4 rings (SSSR count). The maximum absolute atomic E-state index is 13.1. The lowest BCUT2D eigenvalue weighted by Crippen LogP contribution is -2.58. The molecule has 26 heavy (non-hydrogen) atoms. The van der Waals surface area contributed by atoms with Gasteiger partial charge in [0.15, 0.2) is 0 Å². The molecule has 2 bridgehead atoms. The van der Waals surface area contributed by atoms with Gasteiger partial charge in [0.2, 0.25) is 0 Å². The number of para-hydroxylation sites is 1. The van der Waals surface area contributed by atoms with Gasteiger partial charge in [-0.25, -0.2) is 0 Å². The van der Waals surface area contributed by atoms with Gasteiger partial charge in [-0.1, -0.05) is 29.8 Å². The second-order valence-corrected chi connectivity index (χ2v) is 7.53. The number of rotatable bonds is 2. The number of aryl methyl sites for hydroxylation is 1. The van der Waals surface area contributed by atoms with Crippen LogP contribution in [-0.2, 0) is 14.9 Å². The summed E-state index contributed by atoms with van der Waals surface area (Å²) in [6.45, 7) is 4.60. The molecule has 3 atom stereocenters. The fourth-order valence-electron chi connectivity index (χ4n) is 5.28. The standard InChI is InChI=1S/C21H26N2O3/c1-5-14-11-22(3)18-10-16(14)21(12-24,20(25)26-4)19-13(2)15-8-6-7-9-17(15)23(18)19/h5-9,16,18,24H,10-12H2,1-4H3/b14-5+/t16-,18-,21+/m1/s1. The molecule has 5 nitrogen and oxygen atoms in total. The average molecular weight is 354 g/mol. The highest BCUT2D eigenvalue weighted by Crippen LogP contribution is 2.53. The molecule has 138 valence electrons. The number of nitrogens with zero attached hydrogens (tertiary/aromatic N) is 2. The molecular weight excluding hydrogens is 328 g/mol. The highest BCUT2D eigenvalue weighted by molar-refractivity contribution is 5.92. The van der Waals surface area contributed by atoms with Gasteiger partial charge in [0.25, 0.3) is 0 Å². The van der Waals surface area contributed by atoms with Crippen LogP contribution in [0.3, 0.4) is 0 Å². The van der Waals surface area contributed by atoms with Crippen LogP contribution in [0.15, 0.2) is 35.9 Å². The number of likely N-dealkylation sites (N-methyl/N-ethyl adjacent to an activating group) is 1. The SMILES string of the molecule is C/C=C1\CN(C)[C@H]2C[C@H]1[C@](CO)(C(=O)OC)c1c(C)c3ccccc3n12. The predicted molar refractivity (Wildman–Crippen MR) is 101 cm³/mol. The monoisotopic (exact) mass is 354 g/mol. The molecule has 1 aromatic carbocycles. The van der Waals surface area contributed by atoms with Crippen molar-refractivity contribution in [1.29, 1.82) is 0 Å². The summed E-state index contributed by atoms with van der Waals surface area (Å²) in [5.74, 6) is -0.402. The Balaban J connectivity index is 2.14. The van der Waals surface area contributed by atoms with E-state index in [0.29, 0.717) is 0 Å². The number of aliphatic hydroxyl groups is 1. The number of esters is 1. The third kappa shape index (κ3) is 1.96. The maximum Gasteiger partial charge on any atom is 0.320 e. The normalized spacial score (nSPS) is 29.8. The Labute approximate surface area is 153 Å². The van der Waals surface area contributed by atoms with Gasteiger partial charge in [0, 0.05) is 29.1 Å². The molecule has 0 spiro atoms. The van der Waals surface area contributed by atoms with Crippen molar-refractivity contribution >= 4 is 16.9 Å². The number of likely N-dealkylation sites (tertiary alicyclic amines) is 1. The number of benzene rings is 1. The summed E-state index contributed by atoms with van der Waals surface area (Å²) in [6.07, 6.45) is 3.05. The number of hydrogen-bond donors (Lipinski definition) is 1. The summed E-state index contributed by atoms with van der Waals surface area (Å²) in [7, 11) is 3.54. The van der Waals surface area contributed by atoms with Gasteiger partial charge in [-0.05, 0) is 38.9 Å². The van der Waals surface area contributed by atoms with E-state index in [-0.39, 0.29) is 24.7 Å². The molecule has 2 aliphatic rings. The highest BCUT2D eigenvalue weighted by Gasteiger charge is 2.58. The van der Waals surface area contributed by atoms with Crippen molar-refractivity contribution in [2.24, 2.45) is 5.92 Å². The zero-order valence-corrected chi connectivity index (χ0v) is 15.8. The van der Waals surface area contributed by atoms with Gasteiger partial charge in [-0.3, -0.25) is 9.69 Å². The average Bonchev–Trinajstić information content (AvgIpc) is 2.97. The fourth-order valence-corrected chi connectivity index (χ4v) is 5.28. The van der Waals surface area contributed by atoms with E-state index in [9.17, 15) is 9.90 Å². The third-order valence-corrected chi connectivity index (χ3v) is 6.48. The molecule has 1 aromatic heterocycles. The fraction of sp³-hybridized carbons (Fsp3) is 0.476. The first-order chi connectivity index (χ1) is 12.5. The summed E-state index contributed by atoms with van der Waals surface area (Å²) in [5.41, 5.74) is 3.21. The van der Waals surface area contributed by atoms with E-state index < -0.39 is 5.41 Å². The Morgan fingerprint density at radius 1 is 1.42 bits per heavy atom. The van der Waals surface area contributed by atoms with Crippen LogP contribution in [-0.4, -0.2) is 47.9 Å². The summed E-state index contributed by atoms with van der Waals surface area (Å²) in [6, 6.07) is 8.24. The number of ether oxygens (including phenoxy) is 1. The van der Waals surface area contributed by atoms with E-state index in [1.807, 2.05) is 19.1 Å². The number of carbonyl (C=O) groups is 1. The minimum absolute atomic E-state index is 0.0540. The largest absolute Gasteiger partial charge is 0.468 e. The highest BCUT2D eigenvalue weighted by atomic mass is 16.5. The van der Waals surface area contributed by atoms with Crippen molar-refractivity contribution in [3.63, 3.8) is 0 Å². The third-order valence-electron chi connectivity index (χ3n) is 6.48. The first-order valence-corrected chi connectivity index (χ1v) is 9.15. The molecular formula is C21H26N2O3. The minimum Gasteiger partial charge on any atom is -0.468 e. The molecule has 2 aliphatic heterocycles. The second-order valence-electron chi connectivity index (χ2n) is 7.53. The number of allylic oxidation sites excluding steroid dienone is 1. The quantitative estimate of drug-likeness (QED) is 0.666. The number of aromatic nitrogens is 1. The maximum atomic E-state index is 13.1. The molecule has 2 aromatic rings. The molecule has 0 unspecified atom stereocenters. The van der Waals surface area contributed by atoms with Crippen molar-refractivity contribution in [1.82, 2.24) is 9.47 Å². The molecule has 1 N–H and O–H groups in total. The molecule has 3 heterocycles. The molecule has 0 radical (unpaired) electrons. The minimum atomic E-state index is -1.06. The predicted octanol–water partition coefficient (Wildman–Crippen LogP) is 2.76. The zero-order valence-electron chi connectivity index (χ0n) is 15.8. The molecule has 1 saturated heterocycles. The van der Waals surface area contributed by atoms with E-state index >= 15 is 0 Å². The summed E-state index contributed by atoms with van der Waals surface area (Å²) in [4.78, 5) is 15.5. The van der Waals surface area contributed by atoms with Crippen molar-refractivity contribution in [3.05, 3.63) is 47.2 Å². The zero-order chi connectivity index (χ0) is 18.6. The van der Waals surface area contributed by atoms with Crippen LogP contribution in [0.5, 0.6) is 0 Å². The number of carbonyl (C=O) groups excluding carboxylic acids is 1. The van der Waals surface area contributed by atoms with E-state index in [1.165, 1.54) is 12.7 Å². The number of hydrogen-bond acceptors (Lipinski definition) is 4. The van der Waals surface area contributed by atoms with Crippen molar-refractivity contribution in [2.75, 3.05) is 27.3 Å². The van der Waals surface area contributed by atoms with Gasteiger partial charge in [-0.15, -0.1) is 0 Å².